The highest BCUT2D eigenvalue weighted by Crippen LogP contribution is 2.21. The summed E-state index contributed by atoms with van der Waals surface area (Å²) in [6, 6.07) is 20.7. The highest BCUT2D eigenvalue weighted by Gasteiger charge is 2.08. The first-order valence-electron chi connectivity index (χ1n) is 9.69. The third-order valence-electron chi connectivity index (χ3n) is 4.57. The molecule has 0 saturated carbocycles. The van der Waals surface area contributed by atoms with Crippen molar-refractivity contribution in [2.75, 3.05) is 17.2 Å². The third-order valence-corrected chi connectivity index (χ3v) is 4.57. The van der Waals surface area contributed by atoms with E-state index in [9.17, 15) is 0 Å². The molecule has 5 nitrogen and oxygen atoms in total. The molecule has 5 heteroatoms. The lowest BCUT2D eigenvalue weighted by atomic mass is 10.1. The van der Waals surface area contributed by atoms with Gasteiger partial charge in [-0.05, 0) is 31.9 Å². The Labute approximate surface area is 165 Å². The summed E-state index contributed by atoms with van der Waals surface area (Å²) in [5.41, 5.74) is 3.49. The van der Waals surface area contributed by atoms with Gasteiger partial charge in [-0.1, -0.05) is 48.5 Å². The Hall–Kier alpha value is -3.34. The molecule has 0 bridgehead atoms. The van der Waals surface area contributed by atoms with E-state index >= 15 is 0 Å². The maximum atomic E-state index is 4.72. The van der Waals surface area contributed by atoms with Crippen LogP contribution in [-0.2, 0) is 6.42 Å². The van der Waals surface area contributed by atoms with E-state index in [0.29, 0.717) is 6.04 Å². The molecule has 4 rings (SSSR count). The molecule has 2 aromatic heterocycles. The summed E-state index contributed by atoms with van der Waals surface area (Å²) >= 11 is 0. The second-order valence-corrected chi connectivity index (χ2v) is 7.16. The van der Waals surface area contributed by atoms with Crippen LogP contribution >= 0.6 is 0 Å². The number of aromatic nitrogens is 3. The molecule has 0 spiro atoms. The van der Waals surface area contributed by atoms with Crippen molar-refractivity contribution in [1.82, 2.24) is 15.0 Å². The van der Waals surface area contributed by atoms with Crippen LogP contribution in [-0.4, -0.2) is 27.5 Å². The van der Waals surface area contributed by atoms with Crippen molar-refractivity contribution in [3.05, 3.63) is 72.4 Å². The SMILES string of the molecule is CC(C)Nc1cc(NCCc2c[nH]c3ccccc23)nc(-c2ccccc2)n1. The van der Waals surface area contributed by atoms with Crippen LogP contribution in [0.4, 0.5) is 11.6 Å². The van der Waals surface area contributed by atoms with Crippen LogP contribution in [0.1, 0.15) is 19.4 Å². The number of nitrogens with zero attached hydrogens (tertiary/aromatic N) is 2. The molecule has 0 aliphatic carbocycles. The molecule has 4 aromatic rings. The van der Waals surface area contributed by atoms with Gasteiger partial charge in [0.15, 0.2) is 5.82 Å². The molecule has 0 unspecified atom stereocenters. The van der Waals surface area contributed by atoms with E-state index in [1.54, 1.807) is 0 Å². The lowest BCUT2D eigenvalue weighted by Crippen LogP contribution is -2.13. The van der Waals surface area contributed by atoms with Crippen molar-refractivity contribution >= 4 is 22.5 Å². The highest BCUT2D eigenvalue weighted by atomic mass is 15.1. The van der Waals surface area contributed by atoms with Gasteiger partial charge >= 0.3 is 0 Å². The van der Waals surface area contributed by atoms with E-state index in [0.717, 1.165) is 36.0 Å². The Morgan fingerprint density at radius 1 is 0.929 bits per heavy atom. The largest absolute Gasteiger partial charge is 0.370 e. The topological polar surface area (TPSA) is 65.6 Å². The molecule has 2 aromatic carbocycles. The number of aromatic amines is 1. The van der Waals surface area contributed by atoms with Gasteiger partial charge < -0.3 is 15.6 Å². The van der Waals surface area contributed by atoms with Crippen molar-refractivity contribution in [2.24, 2.45) is 0 Å². The average molecular weight is 371 g/mol. The number of nitrogens with one attached hydrogen (secondary N) is 3. The zero-order valence-electron chi connectivity index (χ0n) is 16.2. The average Bonchev–Trinajstić information content (AvgIpc) is 3.11. The van der Waals surface area contributed by atoms with Crippen LogP contribution in [0.15, 0.2) is 66.9 Å². The molecule has 2 heterocycles. The van der Waals surface area contributed by atoms with Crippen LogP contribution in [0.5, 0.6) is 0 Å². The summed E-state index contributed by atoms with van der Waals surface area (Å²) in [4.78, 5) is 12.7. The van der Waals surface area contributed by atoms with Crippen LogP contribution < -0.4 is 10.6 Å². The van der Waals surface area contributed by atoms with Gasteiger partial charge in [-0.2, -0.15) is 0 Å². The molecular formula is C23H25N5. The van der Waals surface area contributed by atoms with Gasteiger partial charge in [-0.25, -0.2) is 9.97 Å². The van der Waals surface area contributed by atoms with Crippen LogP contribution in [0.2, 0.25) is 0 Å². The Morgan fingerprint density at radius 2 is 1.68 bits per heavy atom. The minimum atomic E-state index is 0.303. The number of anilines is 2. The predicted molar refractivity (Wildman–Crippen MR) is 117 cm³/mol. The third kappa shape index (κ3) is 4.14. The second kappa shape index (κ2) is 8.13. The molecule has 0 aliphatic heterocycles. The first-order chi connectivity index (χ1) is 13.7. The van der Waals surface area contributed by atoms with Crippen molar-refractivity contribution in [3.63, 3.8) is 0 Å². The fourth-order valence-corrected chi connectivity index (χ4v) is 3.29. The minimum absolute atomic E-state index is 0.303. The van der Waals surface area contributed by atoms with Crippen molar-refractivity contribution in [1.29, 1.82) is 0 Å². The predicted octanol–water partition coefficient (Wildman–Crippen LogP) is 5.10. The fraction of sp³-hybridized carbons (Fsp3) is 0.217. The number of H-pyrrole nitrogens is 1. The number of hydrogen-bond acceptors (Lipinski definition) is 4. The Morgan fingerprint density at radius 3 is 2.50 bits per heavy atom. The molecule has 0 atom stereocenters. The number of benzene rings is 2. The van der Waals surface area contributed by atoms with E-state index < -0.39 is 0 Å². The van der Waals surface area contributed by atoms with Crippen LogP contribution in [0, 0.1) is 0 Å². The number of hydrogen-bond donors (Lipinski definition) is 3. The van der Waals surface area contributed by atoms with Gasteiger partial charge in [0, 0.05) is 41.3 Å². The quantitative estimate of drug-likeness (QED) is 0.423. The van der Waals surface area contributed by atoms with Gasteiger partial charge in [0.05, 0.1) is 0 Å². The van der Waals surface area contributed by atoms with Gasteiger partial charge in [0.1, 0.15) is 11.6 Å². The van der Waals surface area contributed by atoms with Crippen molar-refractivity contribution in [2.45, 2.75) is 26.3 Å². The van der Waals surface area contributed by atoms with Gasteiger partial charge in [0.2, 0.25) is 0 Å². The van der Waals surface area contributed by atoms with Gasteiger partial charge in [-0.3, -0.25) is 0 Å². The summed E-state index contributed by atoms with van der Waals surface area (Å²) < 4.78 is 0. The maximum absolute atomic E-state index is 4.72. The van der Waals surface area contributed by atoms with E-state index in [1.165, 1.54) is 16.5 Å². The first kappa shape index (κ1) is 18.0. The van der Waals surface area contributed by atoms with Crippen LogP contribution in [0.3, 0.4) is 0 Å². The summed E-state index contributed by atoms with van der Waals surface area (Å²) in [7, 11) is 0. The lowest BCUT2D eigenvalue weighted by Gasteiger charge is -2.13. The summed E-state index contributed by atoms with van der Waals surface area (Å²) in [5, 5.41) is 8.13. The number of para-hydroxylation sites is 1. The molecule has 142 valence electrons. The summed E-state index contributed by atoms with van der Waals surface area (Å²) in [6.07, 6.45) is 3.01. The van der Waals surface area contributed by atoms with E-state index in [1.807, 2.05) is 36.4 Å². The summed E-state index contributed by atoms with van der Waals surface area (Å²) in [6.45, 7) is 5.01. The Kier molecular flexibility index (Phi) is 5.24. The van der Waals surface area contributed by atoms with Crippen LogP contribution in [0.25, 0.3) is 22.3 Å². The fourth-order valence-electron chi connectivity index (χ4n) is 3.29. The number of fused-ring (bicyclic) bond motifs is 1. The Balaban J connectivity index is 1.53. The molecule has 28 heavy (non-hydrogen) atoms. The monoisotopic (exact) mass is 371 g/mol. The molecular weight excluding hydrogens is 346 g/mol. The van der Waals surface area contributed by atoms with E-state index in [2.05, 4.69) is 64.9 Å². The molecule has 0 aliphatic rings. The minimum Gasteiger partial charge on any atom is -0.370 e. The Bertz CT molecular complexity index is 1050. The molecule has 3 N–H and O–H groups in total. The normalized spacial score (nSPS) is 11.1. The molecule has 0 radical (unpaired) electrons. The molecule has 0 fully saturated rings. The van der Waals surface area contributed by atoms with E-state index in [-0.39, 0.29) is 0 Å². The second-order valence-electron chi connectivity index (χ2n) is 7.16. The smallest absolute Gasteiger partial charge is 0.163 e. The standard InChI is InChI=1S/C23H25N5/c1-16(2)26-22-14-21(27-23(28-22)17-8-4-3-5-9-17)24-13-12-18-15-25-20-11-7-6-10-19(18)20/h3-11,14-16,25H,12-13H2,1-2H3,(H2,24,26,27,28). The zero-order valence-corrected chi connectivity index (χ0v) is 16.2. The van der Waals surface area contributed by atoms with Crippen molar-refractivity contribution in [3.8, 4) is 11.4 Å². The maximum Gasteiger partial charge on any atom is 0.163 e. The number of rotatable bonds is 7. The molecule has 0 amide bonds. The highest BCUT2D eigenvalue weighted by molar-refractivity contribution is 5.83. The lowest BCUT2D eigenvalue weighted by molar-refractivity contribution is 0.886. The first-order valence-corrected chi connectivity index (χ1v) is 9.69. The van der Waals surface area contributed by atoms with Crippen molar-refractivity contribution < 1.29 is 0 Å². The van der Waals surface area contributed by atoms with E-state index in [4.69, 9.17) is 4.98 Å². The van der Waals surface area contributed by atoms with Gasteiger partial charge in [0.25, 0.3) is 0 Å². The zero-order chi connectivity index (χ0) is 19.3. The van der Waals surface area contributed by atoms with Gasteiger partial charge in [-0.15, -0.1) is 0 Å². The summed E-state index contributed by atoms with van der Waals surface area (Å²) in [5.74, 6) is 2.39. The molecule has 0 saturated heterocycles.